The van der Waals surface area contributed by atoms with Gasteiger partial charge in [-0.05, 0) is 38.5 Å². The highest BCUT2D eigenvalue weighted by atomic mass is 16.5. The number of methoxy groups -OCH3 is 1. The number of H-pyrrole nitrogens is 1. The summed E-state index contributed by atoms with van der Waals surface area (Å²) in [5.74, 6) is 0.740. The average Bonchev–Trinajstić information content (AvgIpc) is 2.38. The molecule has 0 amide bonds. The summed E-state index contributed by atoms with van der Waals surface area (Å²) in [6.07, 6.45) is 0.864. The second-order valence-corrected chi connectivity index (χ2v) is 4.67. The lowest BCUT2D eigenvalue weighted by Crippen LogP contribution is -2.14. The molecular formula is C15H17NO3. The molecule has 0 unspecified atom stereocenters. The zero-order valence-electron chi connectivity index (χ0n) is 11.4. The van der Waals surface area contributed by atoms with E-state index in [0.717, 1.165) is 11.2 Å². The number of aryl methyl sites for hydroxylation is 1. The van der Waals surface area contributed by atoms with E-state index in [1.54, 1.807) is 13.2 Å². The van der Waals surface area contributed by atoms with Crippen LogP contribution in [0.4, 0.5) is 0 Å². The number of hydrogen-bond donors (Lipinski definition) is 1. The van der Waals surface area contributed by atoms with E-state index in [1.807, 2.05) is 19.1 Å². The molecular weight excluding hydrogens is 242 g/mol. The fourth-order valence-electron chi connectivity index (χ4n) is 2.16. The third-order valence-electron chi connectivity index (χ3n) is 3.25. The van der Waals surface area contributed by atoms with Crippen molar-refractivity contribution >= 4 is 16.7 Å². The normalized spacial score (nSPS) is 10.7. The van der Waals surface area contributed by atoms with Gasteiger partial charge in [0, 0.05) is 28.6 Å². The minimum atomic E-state index is -0.0219. The van der Waals surface area contributed by atoms with Gasteiger partial charge < -0.3 is 14.5 Å². The number of aromatic amines is 1. The molecule has 0 aliphatic carbocycles. The third kappa shape index (κ3) is 2.67. The fraction of sp³-hybridized carbons (Fsp3) is 0.333. The highest BCUT2D eigenvalue weighted by molar-refractivity contribution is 5.81. The van der Waals surface area contributed by atoms with Crippen LogP contribution >= 0.6 is 0 Å². The number of pyridine rings is 1. The van der Waals surface area contributed by atoms with Crippen LogP contribution in [0.25, 0.3) is 10.9 Å². The number of Topliss-reactive ketones (excluding diaryl/α,β-unsaturated/α-hetero) is 1. The maximum absolute atomic E-state index is 12.4. The van der Waals surface area contributed by atoms with Gasteiger partial charge in [-0.2, -0.15) is 0 Å². The van der Waals surface area contributed by atoms with Gasteiger partial charge in [-0.15, -0.1) is 0 Å². The van der Waals surface area contributed by atoms with Gasteiger partial charge in [0.05, 0.1) is 7.11 Å². The molecule has 4 nitrogen and oxygen atoms in total. The Hall–Kier alpha value is -2.10. The summed E-state index contributed by atoms with van der Waals surface area (Å²) in [4.78, 5) is 26.7. The lowest BCUT2D eigenvalue weighted by atomic mass is 10.0. The maximum Gasteiger partial charge on any atom is 0.192 e. The summed E-state index contributed by atoms with van der Waals surface area (Å²) in [6.45, 7) is 3.40. The first-order valence-corrected chi connectivity index (χ1v) is 6.22. The predicted octanol–water partition coefficient (Wildman–Crippen LogP) is 2.37. The van der Waals surface area contributed by atoms with Crippen molar-refractivity contribution in [3.8, 4) is 5.75 Å². The van der Waals surface area contributed by atoms with Gasteiger partial charge in [-0.25, -0.2) is 0 Å². The lowest BCUT2D eigenvalue weighted by Gasteiger charge is -2.08. The van der Waals surface area contributed by atoms with Crippen LogP contribution in [-0.2, 0) is 11.2 Å². The van der Waals surface area contributed by atoms with Gasteiger partial charge in [-0.3, -0.25) is 4.79 Å². The molecule has 0 spiro atoms. The van der Waals surface area contributed by atoms with Crippen LogP contribution in [0, 0.1) is 6.92 Å². The van der Waals surface area contributed by atoms with Gasteiger partial charge >= 0.3 is 0 Å². The van der Waals surface area contributed by atoms with Gasteiger partial charge in [0.2, 0.25) is 0 Å². The van der Waals surface area contributed by atoms with Crippen molar-refractivity contribution in [2.45, 2.75) is 26.7 Å². The molecule has 0 radical (unpaired) electrons. The predicted molar refractivity (Wildman–Crippen MR) is 74.9 cm³/mol. The molecule has 0 fully saturated rings. The Morgan fingerprint density at radius 1 is 1.37 bits per heavy atom. The summed E-state index contributed by atoms with van der Waals surface area (Å²) in [5.41, 5.74) is 2.26. The molecule has 1 N–H and O–H groups in total. The number of ketones is 1. The second-order valence-electron chi connectivity index (χ2n) is 4.67. The summed E-state index contributed by atoms with van der Waals surface area (Å²) in [5, 5.41) is 0.600. The van der Waals surface area contributed by atoms with Crippen molar-refractivity contribution in [3.63, 3.8) is 0 Å². The first-order chi connectivity index (χ1) is 9.02. The van der Waals surface area contributed by atoms with E-state index in [1.165, 1.54) is 6.92 Å². The minimum Gasteiger partial charge on any atom is -0.497 e. The van der Waals surface area contributed by atoms with E-state index in [0.29, 0.717) is 29.5 Å². The third-order valence-corrected chi connectivity index (χ3v) is 3.25. The van der Waals surface area contributed by atoms with E-state index < -0.39 is 0 Å². The average molecular weight is 259 g/mol. The van der Waals surface area contributed by atoms with Crippen molar-refractivity contribution in [2.75, 3.05) is 7.11 Å². The second kappa shape index (κ2) is 5.26. The topological polar surface area (TPSA) is 59.2 Å². The molecule has 0 aliphatic rings. The first kappa shape index (κ1) is 13.3. The molecule has 0 bridgehead atoms. The Morgan fingerprint density at radius 3 is 2.74 bits per heavy atom. The quantitative estimate of drug-likeness (QED) is 0.917. The molecule has 0 aliphatic heterocycles. The number of carbonyl (C=O) groups is 1. The molecule has 2 aromatic rings. The van der Waals surface area contributed by atoms with E-state index >= 15 is 0 Å². The zero-order chi connectivity index (χ0) is 14.0. The zero-order valence-corrected chi connectivity index (χ0v) is 11.4. The SMILES string of the molecule is COc1ccc2[nH]c(C)c(CCC(C)=O)c(=O)c2c1. The Labute approximate surface area is 111 Å². The van der Waals surface area contributed by atoms with Crippen LogP contribution < -0.4 is 10.2 Å². The van der Waals surface area contributed by atoms with Crippen molar-refractivity contribution in [1.82, 2.24) is 4.98 Å². The smallest absolute Gasteiger partial charge is 0.192 e. The molecule has 0 saturated heterocycles. The highest BCUT2D eigenvalue weighted by Crippen LogP contribution is 2.18. The van der Waals surface area contributed by atoms with E-state index in [2.05, 4.69) is 4.98 Å². The Kier molecular flexibility index (Phi) is 3.69. The largest absolute Gasteiger partial charge is 0.497 e. The van der Waals surface area contributed by atoms with Gasteiger partial charge in [0.15, 0.2) is 5.43 Å². The van der Waals surface area contributed by atoms with Crippen LogP contribution in [0.3, 0.4) is 0 Å². The fourth-order valence-corrected chi connectivity index (χ4v) is 2.16. The maximum atomic E-state index is 12.4. The van der Waals surface area contributed by atoms with Crippen LogP contribution in [0.15, 0.2) is 23.0 Å². The number of rotatable bonds is 4. The van der Waals surface area contributed by atoms with E-state index in [9.17, 15) is 9.59 Å². The molecule has 4 heteroatoms. The van der Waals surface area contributed by atoms with E-state index in [4.69, 9.17) is 4.74 Å². The molecule has 1 aromatic carbocycles. The minimum absolute atomic E-state index is 0.0219. The lowest BCUT2D eigenvalue weighted by molar-refractivity contribution is -0.116. The van der Waals surface area contributed by atoms with Crippen molar-refractivity contribution in [3.05, 3.63) is 39.7 Å². The number of hydrogen-bond acceptors (Lipinski definition) is 3. The van der Waals surface area contributed by atoms with Crippen LogP contribution in [0.1, 0.15) is 24.6 Å². The number of fused-ring (bicyclic) bond motifs is 1. The van der Waals surface area contributed by atoms with Crippen LogP contribution in [0.5, 0.6) is 5.75 Å². The molecule has 100 valence electrons. The van der Waals surface area contributed by atoms with E-state index in [-0.39, 0.29) is 11.2 Å². The standard InChI is InChI=1S/C15H17NO3/c1-9(17)4-6-12-10(2)16-14-7-5-11(19-3)8-13(14)15(12)18/h5,7-8H,4,6H2,1-3H3,(H,16,18). The molecule has 1 aromatic heterocycles. The molecule has 19 heavy (non-hydrogen) atoms. The summed E-state index contributed by atoms with van der Waals surface area (Å²) in [6, 6.07) is 5.37. The monoisotopic (exact) mass is 259 g/mol. The van der Waals surface area contributed by atoms with Crippen molar-refractivity contribution < 1.29 is 9.53 Å². The number of carbonyl (C=O) groups excluding carboxylic acids is 1. The first-order valence-electron chi connectivity index (χ1n) is 6.22. The van der Waals surface area contributed by atoms with Gasteiger partial charge in [0.25, 0.3) is 0 Å². The number of nitrogens with one attached hydrogen (secondary N) is 1. The van der Waals surface area contributed by atoms with Crippen LogP contribution in [0.2, 0.25) is 0 Å². The van der Waals surface area contributed by atoms with Crippen molar-refractivity contribution in [2.24, 2.45) is 0 Å². The number of benzene rings is 1. The Balaban J connectivity index is 2.58. The molecule has 1 heterocycles. The summed E-state index contributed by atoms with van der Waals surface area (Å²) >= 11 is 0. The van der Waals surface area contributed by atoms with Gasteiger partial charge in [0.1, 0.15) is 11.5 Å². The number of aromatic nitrogens is 1. The Bertz CT molecular complexity index is 686. The molecule has 0 saturated carbocycles. The Morgan fingerprint density at radius 2 is 2.11 bits per heavy atom. The van der Waals surface area contributed by atoms with Crippen molar-refractivity contribution in [1.29, 1.82) is 0 Å². The summed E-state index contributed by atoms with van der Waals surface area (Å²) in [7, 11) is 1.57. The summed E-state index contributed by atoms with van der Waals surface area (Å²) < 4.78 is 5.14. The molecule has 2 rings (SSSR count). The molecule has 0 atom stereocenters. The highest BCUT2D eigenvalue weighted by Gasteiger charge is 2.10. The van der Waals surface area contributed by atoms with Crippen LogP contribution in [-0.4, -0.2) is 17.9 Å². The number of ether oxygens (including phenoxy) is 1. The van der Waals surface area contributed by atoms with Gasteiger partial charge in [-0.1, -0.05) is 0 Å².